The molecular formula is C26H19N3O. The normalized spacial score (nSPS) is 10.8. The maximum Gasteiger partial charge on any atom is 0.179 e. The molecule has 3 aromatic carbocycles. The Hall–Kier alpha value is -4.05. The van der Waals surface area contributed by atoms with Crippen LogP contribution in [-0.4, -0.2) is 22.1 Å². The van der Waals surface area contributed by atoms with Gasteiger partial charge in [-0.2, -0.15) is 0 Å². The summed E-state index contributed by atoms with van der Waals surface area (Å²) in [5.41, 5.74) is 6.99. The molecule has 0 saturated carbocycles. The smallest absolute Gasteiger partial charge is 0.179 e. The van der Waals surface area contributed by atoms with E-state index in [0.717, 1.165) is 45.0 Å². The number of ether oxygens (including phenoxy) is 1. The summed E-state index contributed by atoms with van der Waals surface area (Å²) in [5.74, 6) is 0.818. The third-order valence-electron chi connectivity index (χ3n) is 5.01. The molecule has 0 atom stereocenters. The lowest BCUT2D eigenvalue weighted by atomic mass is 10.0. The van der Waals surface area contributed by atoms with E-state index in [4.69, 9.17) is 19.7 Å². The van der Waals surface area contributed by atoms with Gasteiger partial charge in [0.05, 0.1) is 24.2 Å². The Morgan fingerprint density at radius 3 is 1.73 bits per heavy atom. The first kappa shape index (κ1) is 18.0. The first-order valence-electron chi connectivity index (χ1n) is 9.76. The molecule has 4 heteroatoms. The van der Waals surface area contributed by atoms with Gasteiger partial charge in [0.2, 0.25) is 0 Å². The molecule has 0 spiro atoms. The summed E-state index contributed by atoms with van der Waals surface area (Å²) >= 11 is 0. The second-order valence-corrected chi connectivity index (χ2v) is 6.92. The number of nitrogens with zero attached hydrogens (tertiary/aromatic N) is 3. The number of methoxy groups -OCH3 is 1. The third-order valence-corrected chi connectivity index (χ3v) is 5.01. The van der Waals surface area contributed by atoms with E-state index in [1.165, 1.54) is 0 Å². The van der Waals surface area contributed by atoms with E-state index in [9.17, 15) is 0 Å². The predicted octanol–water partition coefficient (Wildman–Crippen LogP) is 6.03. The molecule has 0 amide bonds. The fourth-order valence-corrected chi connectivity index (χ4v) is 3.46. The number of hydrogen-bond donors (Lipinski definition) is 0. The highest BCUT2D eigenvalue weighted by molar-refractivity contribution is 5.85. The van der Waals surface area contributed by atoms with Crippen molar-refractivity contribution in [3.63, 3.8) is 0 Å². The molecule has 4 nitrogen and oxygen atoms in total. The van der Waals surface area contributed by atoms with Crippen LogP contribution in [0.1, 0.15) is 0 Å². The van der Waals surface area contributed by atoms with Gasteiger partial charge in [0.25, 0.3) is 0 Å². The first-order chi connectivity index (χ1) is 14.8. The third kappa shape index (κ3) is 3.40. The zero-order chi connectivity index (χ0) is 20.3. The molecule has 5 rings (SSSR count). The Morgan fingerprint density at radius 1 is 0.533 bits per heavy atom. The highest BCUT2D eigenvalue weighted by Gasteiger charge is 2.14. The van der Waals surface area contributed by atoms with Gasteiger partial charge in [-0.25, -0.2) is 15.0 Å². The van der Waals surface area contributed by atoms with Crippen LogP contribution < -0.4 is 4.74 Å². The highest BCUT2D eigenvalue weighted by Crippen LogP contribution is 2.31. The van der Waals surface area contributed by atoms with Gasteiger partial charge >= 0.3 is 0 Å². The topological polar surface area (TPSA) is 47.9 Å². The number of fused-ring (bicyclic) bond motifs is 1. The van der Waals surface area contributed by atoms with Crippen LogP contribution >= 0.6 is 0 Å². The zero-order valence-corrected chi connectivity index (χ0v) is 16.5. The van der Waals surface area contributed by atoms with E-state index in [-0.39, 0.29) is 0 Å². The molecule has 0 unspecified atom stereocenters. The molecule has 0 N–H and O–H groups in total. The highest BCUT2D eigenvalue weighted by atomic mass is 16.5. The number of aromatic nitrogens is 3. The standard InChI is InChI=1S/C26H19N3O/c1-30-21-14-12-18(13-15-21)22-16-17-23-26(28-22)29-25(20-10-6-3-7-11-20)24(27-23)19-8-4-2-5-9-19/h2-17H,1H3. The predicted molar refractivity (Wildman–Crippen MR) is 120 cm³/mol. The van der Waals surface area contributed by atoms with Gasteiger partial charge in [-0.3, -0.25) is 0 Å². The molecule has 5 aromatic rings. The fourth-order valence-electron chi connectivity index (χ4n) is 3.46. The van der Waals surface area contributed by atoms with Crippen molar-refractivity contribution in [3.05, 3.63) is 97.1 Å². The number of hydrogen-bond acceptors (Lipinski definition) is 4. The SMILES string of the molecule is COc1ccc(-c2ccc3nc(-c4ccccc4)c(-c4ccccc4)nc3n2)cc1. The van der Waals surface area contributed by atoms with Gasteiger partial charge < -0.3 is 4.74 Å². The fraction of sp³-hybridized carbons (Fsp3) is 0.0385. The van der Waals surface area contributed by atoms with Crippen molar-refractivity contribution in [2.45, 2.75) is 0 Å². The first-order valence-corrected chi connectivity index (χ1v) is 9.76. The Labute approximate surface area is 174 Å². The van der Waals surface area contributed by atoms with Crippen LogP contribution in [0.2, 0.25) is 0 Å². The Morgan fingerprint density at radius 2 is 1.13 bits per heavy atom. The molecule has 2 aromatic heterocycles. The van der Waals surface area contributed by atoms with Gasteiger partial charge in [0.15, 0.2) is 5.65 Å². The average molecular weight is 389 g/mol. The Balaban J connectivity index is 1.69. The minimum Gasteiger partial charge on any atom is -0.497 e. The van der Waals surface area contributed by atoms with Crippen molar-refractivity contribution in [2.75, 3.05) is 7.11 Å². The van der Waals surface area contributed by atoms with Gasteiger partial charge in [-0.1, -0.05) is 60.7 Å². The molecule has 0 bridgehead atoms. The second-order valence-electron chi connectivity index (χ2n) is 6.92. The summed E-state index contributed by atoms with van der Waals surface area (Å²) in [6.07, 6.45) is 0. The van der Waals surface area contributed by atoms with Crippen molar-refractivity contribution in [2.24, 2.45) is 0 Å². The zero-order valence-electron chi connectivity index (χ0n) is 16.5. The Bertz CT molecular complexity index is 1300. The van der Waals surface area contributed by atoms with E-state index in [1.54, 1.807) is 7.11 Å². The number of rotatable bonds is 4. The van der Waals surface area contributed by atoms with Crippen LogP contribution in [0.25, 0.3) is 44.9 Å². The summed E-state index contributed by atoms with van der Waals surface area (Å²) in [4.78, 5) is 14.7. The monoisotopic (exact) mass is 389 g/mol. The largest absolute Gasteiger partial charge is 0.497 e. The summed E-state index contributed by atoms with van der Waals surface area (Å²) in [5, 5.41) is 0. The van der Waals surface area contributed by atoms with Crippen LogP contribution in [0.5, 0.6) is 5.75 Å². The van der Waals surface area contributed by atoms with Crippen LogP contribution in [0.3, 0.4) is 0 Å². The van der Waals surface area contributed by atoms with Crippen molar-refractivity contribution in [1.29, 1.82) is 0 Å². The molecule has 0 saturated heterocycles. The number of benzene rings is 3. The minimum atomic E-state index is 0.627. The lowest BCUT2D eigenvalue weighted by Crippen LogP contribution is -1.98. The molecular weight excluding hydrogens is 370 g/mol. The van der Waals surface area contributed by atoms with Crippen LogP contribution in [0.15, 0.2) is 97.1 Å². The summed E-state index contributed by atoms with van der Waals surface area (Å²) in [6, 6.07) is 32.1. The van der Waals surface area contributed by atoms with Gasteiger partial charge in [0.1, 0.15) is 11.3 Å². The maximum absolute atomic E-state index is 5.25. The van der Waals surface area contributed by atoms with Gasteiger partial charge in [-0.05, 0) is 36.4 Å². The van der Waals surface area contributed by atoms with Crippen molar-refractivity contribution < 1.29 is 4.74 Å². The molecule has 144 valence electrons. The van der Waals surface area contributed by atoms with Crippen molar-refractivity contribution in [1.82, 2.24) is 15.0 Å². The van der Waals surface area contributed by atoms with Crippen LogP contribution in [-0.2, 0) is 0 Å². The Kier molecular flexibility index (Phi) is 4.66. The quantitative estimate of drug-likeness (QED) is 0.376. The van der Waals surface area contributed by atoms with E-state index < -0.39 is 0 Å². The molecule has 30 heavy (non-hydrogen) atoms. The van der Waals surface area contributed by atoms with Crippen molar-refractivity contribution >= 4 is 11.2 Å². The van der Waals surface area contributed by atoms with Crippen molar-refractivity contribution in [3.8, 4) is 39.5 Å². The summed E-state index contributed by atoms with van der Waals surface area (Å²) in [6.45, 7) is 0. The molecule has 0 aliphatic rings. The van der Waals surface area contributed by atoms with Crippen LogP contribution in [0.4, 0.5) is 0 Å². The average Bonchev–Trinajstić information content (AvgIpc) is 2.84. The van der Waals surface area contributed by atoms with Gasteiger partial charge in [0, 0.05) is 16.7 Å². The lowest BCUT2D eigenvalue weighted by molar-refractivity contribution is 0.415. The molecule has 0 radical (unpaired) electrons. The second kappa shape index (κ2) is 7.76. The minimum absolute atomic E-state index is 0.627. The summed E-state index contributed by atoms with van der Waals surface area (Å²) < 4.78 is 5.25. The number of pyridine rings is 1. The maximum atomic E-state index is 5.25. The lowest BCUT2D eigenvalue weighted by Gasteiger charge is -2.11. The van der Waals surface area contributed by atoms with E-state index in [1.807, 2.05) is 72.8 Å². The van der Waals surface area contributed by atoms with Gasteiger partial charge in [-0.15, -0.1) is 0 Å². The molecule has 2 heterocycles. The van der Waals surface area contributed by atoms with E-state index >= 15 is 0 Å². The summed E-state index contributed by atoms with van der Waals surface area (Å²) in [7, 11) is 1.66. The van der Waals surface area contributed by atoms with E-state index in [0.29, 0.717) is 5.65 Å². The molecule has 0 aliphatic carbocycles. The molecule has 0 fully saturated rings. The van der Waals surface area contributed by atoms with Crippen LogP contribution in [0, 0.1) is 0 Å². The molecule has 0 aliphatic heterocycles. The van der Waals surface area contributed by atoms with E-state index in [2.05, 4.69) is 24.3 Å².